The van der Waals surface area contributed by atoms with Gasteiger partial charge in [0.2, 0.25) is 0 Å². The van der Waals surface area contributed by atoms with Crippen LogP contribution < -0.4 is 10.1 Å². The number of benzene rings is 1. The minimum absolute atomic E-state index is 0.0572. The van der Waals surface area contributed by atoms with E-state index in [1.54, 1.807) is 13.0 Å². The van der Waals surface area contributed by atoms with Gasteiger partial charge in [-0.05, 0) is 20.8 Å². The zero-order chi connectivity index (χ0) is 13.9. The lowest BCUT2D eigenvalue weighted by Crippen LogP contribution is -2.41. The standard InChI is InChI=1S/C12H18N2O4/c1-8(15)12(2,3)13-9-5-10(14(16)17)7-11(6-9)18-4/h5-8,13,15H,1-4H3. The molecule has 2 N–H and O–H groups in total. The molecule has 1 aromatic carbocycles. The Morgan fingerprint density at radius 2 is 2.06 bits per heavy atom. The van der Waals surface area contributed by atoms with Crippen LogP contribution in [0.2, 0.25) is 0 Å². The second-order valence-electron chi connectivity index (χ2n) is 4.70. The Morgan fingerprint density at radius 1 is 1.44 bits per heavy atom. The minimum atomic E-state index is -0.609. The van der Waals surface area contributed by atoms with Crippen LogP contribution in [0.5, 0.6) is 5.75 Å². The van der Waals surface area contributed by atoms with E-state index in [4.69, 9.17) is 4.74 Å². The van der Waals surface area contributed by atoms with Crippen LogP contribution in [0, 0.1) is 10.1 Å². The molecule has 0 saturated carbocycles. The number of nitrogens with zero attached hydrogens (tertiary/aromatic N) is 1. The van der Waals surface area contributed by atoms with Crippen LogP contribution in [-0.4, -0.2) is 28.8 Å². The molecule has 1 rings (SSSR count). The van der Waals surface area contributed by atoms with Gasteiger partial charge < -0.3 is 15.2 Å². The van der Waals surface area contributed by atoms with Crippen molar-refractivity contribution in [1.29, 1.82) is 0 Å². The van der Waals surface area contributed by atoms with E-state index in [0.717, 1.165) is 0 Å². The first-order valence-electron chi connectivity index (χ1n) is 5.56. The third-order valence-electron chi connectivity index (χ3n) is 2.85. The maximum Gasteiger partial charge on any atom is 0.275 e. The van der Waals surface area contributed by atoms with Crippen molar-refractivity contribution in [3.05, 3.63) is 28.3 Å². The third kappa shape index (κ3) is 3.33. The van der Waals surface area contributed by atoms with Gasteiger partial charge in [0.15, 0.2) is 0 Å². The van der Waals surface area contributed by atoms with Crippen LogP contribution in [0.3, 0.4) is 0 Å². The van der Waals surface area contributed by atoms with Crippen molar-refractivity contribution in [2.45, 2.75) is 32.4 Å². The zero-order valence-corrected chi connectivity index (χ0v) is 10.9. The highest BCUT2D eigenvalue weighted by atomic mass is 16.6. The number of nitrogens with one attached hydrogen (secondary N) is 1. The lowest BCUT2D eigenvalue weighted by Gasteiger charge is -2.30. The fraction of sp³-hybridized carbons (Fsp3) is 0.500. The van der Waals surface area contributed by atoms with Crippen LogP contribution in [0.4, 0.5) is 11.4 Å². The van der Waals surface area contributed by atoms with Gasteiger partial charge in [0, 0.05) is 17.8 Å². The quantitative estimate of drug-likeness (QED) is 0.621. The van der Waals surface area contributed by atoms with E-state index in [0.29, 0.717) is 11.4 Å². The number of anilines is 1. The smallest absolute Gasteiger partial charge is 0.275 e. The number of hydrogen-bond donors (Lipinski definition) is 2. The number of ether oxygens (including phenoxy) is 1. The molecule has 100 valence electrons. The van der Waals surface area contributed by atoms with E-state index in [1.807, 2.05) is 13.8 Å². The molecule has 0 spiro atoms. The van der Waals surface area contributed by atoms with Crippen molar-refractivity contribution >= 4 is 11.4 Å². The van der Waals surface area contributed by atoms with E-state index >= 15 is 0 Å². The van der Waals surface area contributed by atoms with E-state index in [-0.39, 0.29) is 5.69 Å². The first-order chi connectivity index (χ1) is 8.26. The zero-order valence-electron chi connectivity index (χ0n) is 10.9. The fourth-order valence-corrected chi connectivity index (χ4v) is 1.36. The van der Waals surface area contributed by atoms with Crippen molar-refractivity contribution in [2.75, 3.05) is 12.4 Å². The number of aliphatic hydroxyl groups excluding tert-OH is 1. The van der Waals surface area contributed by atoms with Crippen molar-refractivity contribution < 1.29 is 14.8 Å². The highest BCUT2D eigenvalue weighted by Gasteiger charge is 2.24. The summed E-state index contributed by atoms with van der Waals surface area (Å²) >= 11 is 0. The summed E-state index contributed by atoms with van der Waals surface area (Å²) in [5.41, 5.74) is -0.120. The number of aliphatic hydroxyl groups is 1. The van der Waals surface area contributed by atoms with E-state index in [1.165, 1.54) is 19.2 Å². The van der Waals surface area contributed by atoms with Gasteiger partial charge in [-0.3, -0.25) is 10.1 Å². The summed E-state index contributed by atoms with van der Waals surface area (Å²) in [4.78, 5) is 10.3. The number of nitro groups is 1. The van der Waals surface area contributed by atoms with Gasteiger partial charge in [-0.15, -0.1) is 0 Å². The van der Waals surface area contributed by atoms with E-state index < -0.39 is 16.6 Å². The molecule has 1 unspecified atom stereocenters. The van der Waals surface area contributed by atoms with Crippen molar-refractivity contribution in [3.63, 3.8) is 0 Å². The monoisotopic (exact) mass is 254 g/mol. The van der Waals surface area contributed by atoms with Crippen LogP contribution >= 0.6 is 0 Å². The van der Waals surface area contributed by atoms with Gasteiger partial charge in [-0.25, -0.2) is 0 Å². The minimum Gasteiger partial charge on any atom is -0.496 e. The number of non-ortho nitro benzene ring substituents is 1. The highest BCUT2D eigenvalue weighted by Crippen LogP contribution is 2.28. The largest absolute Gasteiger partial charge is 0.496 e. The number of methoxy groups -OCH3 is 1. The Labute approximate surface area is 106 Å². The van der Waals surface area contributed by atoms with Crippen LogP contribution in [-0.2, 0) is 0 Å². The molecule has 6 nitrogen and oxygen atoms in total. The number of rotatable bonds is 5. The molecule has 0 aliphatic carbocycles. The van der Waals surface area contributed by atoms with Crippen molar-refractivity contribution in [1.82, 2.24) is 0 Å². The Kier molecular flexibility index (Phi) is 4.13. The van der Waals surface area contributed by atoms with Crippen molar-refractivity contribution in [3.8, 4) is 5.75 Å². The Hall–Kier alpha value is -1.82. The molecular formula is C12H18N2O4. The number of nitro benzene ring substituents is 1. The number of hydrogen-bond acceptors (Lipinski definition) is 5. The molecule has 0 aliphatic heterocycles. The fourth-order valence-electron chi connectivity index (χ4n) is 1.36. The molecule has 0 aliphatic rings. The molecule has 0 radical (unpaired) electrons. The van der Waals surface area contributed by atoms with Gasteiger partial charge in [0.1, 0.15) is 5.75 Å². The first-order valence-corrected chi connectivity index (χ1v) is 5.56. The normalized spacial score (nSPS) is 12.9. The summed E-state index contributed by atoms with van der Waals surface area (Å²) in [6, 6.07) is 4.41. The molecule has 0 bridgehead atoms. The average Bonchev–Trinajstić information content (AvgIpc) is 2.27. The topological polar surface area (TPSA) is 84.6 Å². The average molecular weight is 254 g/mol. The van der Waals surface area contributed by atoms with Crippen molar-refractivity contribution in [2.24, 2.45) is 0 Å². The van der Waals surface area contributed by atoms with Crippen LogP contribution in [0.25, 0.3) is 0 Å². The van der Waals surface area contributed by atoms with Crippen LogP contribution in [0.1, 0.15) is 20.8 Å². The summed E-state index contributed by atoms with van der Waals surface area (Å²) < 4.78 is 5.01. The lowest BCUT2D eigenvalue weighted by atomic mass is 9.98. The van der Waals surface area contributed by atoms with Gasteiger partial charge in [0.05, 0.1) is 29.7 Å². The predicted octanol–water partition coefficient (Wildman–Crippen LogP) is 2.17. The molecule has 6 heteroatoms. The second-order valence-corrected chi connectivity index (χ2v) is 4.70. The molecule has 1 aromatic rings. The second kappa shape index (κ2) is 5.22. The summed E-state index contributed by atoms with van der Waals surface area (Å²) in [6.45, 7) is 5.27. The molecule has 1 atom stereocenters. The first kappa shape index (κ1) is 14.2. The summed E-state index contributed by atoms with van der Waals surface area (Å²) in [6.07, 6.45) is -0.609. The third-order valence-corrected chi connectivity index (χ3v) is 2.85. The molecule has 0 fully saturated rings. The van der Waals surface area contributed by atoms with Gasteiger partial charge >= 0.3 is 0 Å². The lowest BCUT2D eigenvalue weighted by molar-refractivity contribution is -0.384. The Bertz CT molecular complexity index is 444. The maximum absolute atomic E-state index is 10.8. The SMILES string of the molecule is COc1cc(NC(C)(C)C(C)O)cc([N+](=O)[O-])c1. The molecule has 18 heavy (non-hydrogen) atoms. The molecular weight excluding hydrogens is 236 g/mol. The molecule has 0 aromatic heterocycles. The molecule has 0 amide bonds. The Morgan fingerprint density at radius 3 is 2.50 bits per heavy atom. The highest BCUT2D eigenvalue weighted by molar-refractivity contribution is 5.57. The summed E-state index contributed by atoms with van der Waals surface area (Å²) in [5.74, 6) is 0.396. The summed E-state index contributed by atoms with van der Waals surface area (Å²) in [7, 11) is 1.45. The van der Waals surface area contributed by atoms with Gasteiger partial charge in [-0.1, -0.05) is 0 Å². The predicted molar refractivity (Wildman–Crippen MR) is 69.0 cm³/mol. The molecule has 0 saturated heterocycles. The summed E-state index contributed by atoms with van der Waals surface area (Å²) in [5, 5.41) is 23.5. The van der Waals surface area contributed by atoms with E-state index in [9.17, 15) is 15.2 Å². The van der Waals surface area contributed by atoms with Gasteiger partial charge in [-0.2, -0.15) is 0 Å². The Balaban J connectivity index is 3.09. The van der Waals surface area contributed by atoms with Gasteiger partial charge in [0.25, 0.3) is 5.69 Å². The maximum atomic E-state index is 10.8. The molecule has 0 heterocycles. The van der Waals surface area contributed by atoms with Crippen LogP contribution in [0.15, 0.2) is 18.2 Å². The van der Waals surface area contributed by atoms with E-state index in [2.05, 4.69) is 5.32 Å².